The summed E-state index contributed by atoms with van der Waals surface area (Å²) >= 11 is 0. The van der Waals surface area contributed by atoms with E-state index in [-0.39, 0.29) is 17.7 Å². The third-order valence-electron chi connectivity index (χ3n) is 3.79. The van der Waals surface area contributed by atoms with Crippen molar-refractivity contribution in [1.82, 2.24) is 9.80 Å². The molecule has 6 heteroatoms. The number of primary amides is 1. The lowest BCUT2D eigenvalue weighted by atomic mass is 10.1. The molecule has 1 aromatic carbocycles. The van der Waals surface area contributed by atoms with E-state index in [2.05, 4.69) is 0 Å². The zero-order valence-electron chi connectivity index (χ0n) is 12.9. The Morgan fingerprint density at radius 3 is 1.82 bits per heavy atom. The second-order valence-electron chi connectivity index (χ2n) is 5.71. The number of carbonyl (C=O) groups excluding carboxylic acids is 3. The van der Waals surface area contributed by atoms with Gasteiger partial charge in [-0.1, -0.05) is 13.8 Å². The average Bonchev–Trinajstić information content (AvgIpc) is 2.53. The third-order valence-corrected chi connectivity index (χ3v) is 3.79. The molecule has 1 aliphatic rings. The molecule has 118 valence electrons. The van der Waals surface area contributed by atoms with Crippen molar-refractivity contribution in [3.63, 3.8) is 0 Å². The van der Waals surface area contributed by atoms with Crippen LogP contribution in [0, 0.1) is 5.92 Å². The van der Waals surface area contributed by atoms with E-state index < -0.39 is 5.91 Å². The van der Waals surface area contributed by atoms with Crippen LogP contribution in [0.2, 0.25) is 0 Å². The van der Waals surface area contributed by atoms with Crippen molar-refractivity contribution in [2.75, 3.05) is 26.2 Å². The zero-order chi connectivity index (χ0) is 16.3. The molecule has 0 aliphatic carbocycles. The van der Waals surface area contributed by atoms with Gasteiger partial charge in [-0.3, -0.25) is 14.4 Å². The van der Waals surface area contributed by atoms with Gasteiger partial charge in [0.2, 0.25) is 11.8 Å². The topological polar surface area (TPSA) is 83.7 Å². The molecule has 1 aromatic rings. The normalized spacial score (nSPS) is 15.0. The first-order valence-electron chi connectivity index (χ1n) is 7.38. The van der Waals surface area contributed by atoms with E-state index in [0.717, 1.165) is 0 Å². The highest BCUT2D eigenvalue weighted by Gasteiger charge is 2.25. The molecule has 1 saturated heterocycles. The zero-order valence-corrected chi connectivity index (χ0v) is 12.9. The van der Waals surface area contributed by atoms with Crippen molar-refractivity contribution >= 4 is 17.7 Å². The van der Waals surface area contributed by atoms with Crippen LogP contribution >= 0.6 is 0 Å². The fourth-order valence-corrected chi connectivity index (χ4v) is 2.45. The largest absolute Gasteiger partial charge is 0.366 e. The summed E-state index contributed by atoms with van der Waals surface area (Å²) in [4.78, 5) is 38.9. The lowest BCUT2D eigenvalue weighted by molar-refractivity contribution is -0.135. The fraction of sp³-hybridized carbons (Fsp3) is 0.438. The molecule has 6 nitrogen and oxygen atoms in total. The molecule has 3 amide bonds. The number of nitrogens with two attached hydrogens (primary N) is 1. The smallest absolute Gasteiger partial charge is 0.253 e. The molecule has 0 spiro atoms. The molecular weight excluding hydrogens is 282 g/mol. The summed E-state index contributed by atoms with van der Waals surface area (Å²) in [5.74, 6) is -0.506. The molecule has 0 unspecified atom stereocenters. The number of hydrogen-bond acceptors (Lipinski definition) is 3. The van der Waals surface area contributed by atoms with Crippen LogP contribution in [0.5, 0.6) is 0 Å². The van der Waals surface area contributed by atoms with Gasteiger partial charge < -0.3 is 15.5 Å². The molecule has 0 saturated carbocycles. The van der Waals surface area contributed by atoms with Gasteiger partial charge in [-0.2, -0.15) is 0 Å². The fourth-order valence-electron chi connectivity index (χ4n) is 2.45. The summed E-state index contributed by atoms with van der Waals surface area (Å²) < 4.78 is 0. The van der Waals surface area contributed by atoms with Gasteiger partial charge in [-0.05, 0) is 24.3 Å². The van der Waals surface area contributed by atoms with Gasteiger partial charge in [0.25, 0.3) is 5.91 Å². The minimum Gasteiger partial charge on any atom is -0.366 e. The second kappa shape index (κ2) is 6.60. The highest BCUT2D eigenvalue weighted by Crippen LogP contribution is 2.12. The highest BCUT2D eigenvalue weighted by atomic mass is 16.2. The Bertz CT molecular complexity index is 573. The molecule has 2 N–H and O–H groups in total. The monoisotopic (exact) mass is 303 g/mol. The molecule has 1 aliphatic heterocycles. The van der Waals surface area contributed by atoms with Gasteiger partial charge >= 0.3 is 0 Å². The molecule has 1 fully saturated rings. The summed E-state index contributed by atoms with van der Waals surface area (Å²) in [6.07, 6.45) is 0. The maximum absolute atomic E-state index is 12.4. The SMILES string of the molecule is CC(C)C(=O)N1CCN(C(=O)c2ccc(C(N)=O)cc2)CC1. The number of carbonyl (C=O) groups is 3. The van der Waals surface area contributed by atoms with Crippen LogP contribution in [0.3, 0.4) is 0 Å². The van der Waals surface area contributed by atoms with Crippen LogP contribution in [-0.2, 0) is 4.79 Å². The number of rotatable bonds is 3. The van der Waals surface area contributed by atoms with Gasteiger partial charge in [-0.25, -0.2) is 0 Å². The van der Waals surface area contributed by atoms with Gasteiger partial charge in [0, 0.05) is 43.2 Å². The number of nitrogens with zero attached hydrogens (tertiary/aromatic N) is 2. The Morgan fingerprint density at radius 2 is 1.36 bits per heavy atom. The van der Waals surface area contributed by atoms with Crippen molar-refractivity contribution in [1.29, 1.82) is 0 Å². The minimum atomic E-state index is -0.514. The summed E-state index contributed by atoms with van der Waals surface area (Å²) in [6.45, 7) is 5.91. The molecule has 2 rings (SSSR count). The molecular formula is C16H21N3O3. The maximum atomic E-state index is 12.4. The quantitative estimate of drug-likeness (QED) is 0.893. The predicted molar refractivity (Wildman–Crippen MR) is 82.3 cm³/mol. The number of amides is 3. The van der Waals surface area contributed by atoms with Crippen molar-refractivity contribution < 1.29 is 14.4 Å². The first-order valence-corrected chi connectivity index (χ1v) is 7.38. The van der Waals surface area contributed by atoms with Crippen LogP contribution in [0.25, 0.3) is 0 Å². The minimum absolute atomic E-state index is 0.0244. The second-order valence-corrected chi connectivity index (χ2v) is 5.71. The van der Waals surface area contributed by atoms with Crippen molar-refractivity contribution in [2.24, 2.45) is 11.7 Å². The average molecular weight is 303 g/mol. The van der Waals surface area contributed by atoms with E-state index in [1.54, 1.807) is 34.1 Å². The third kappa shape index (κ3) is 3.44. The predicted octanol–water partition coefficient (Wildman–Crippen LogP) is 0.726. The number of piperazine rings is 1. The van der Waals surface area contributed by atoms with Crippen molar-refractivity contribution in [3.8, 4) is 0 Å². The van der Waals surface area contributed by atoms with Gasteiger partial charge in [0.15, 0.2) is 0 Å². The number of benzene rings is 1. The molecule has 0 bridgehead atoms. The maximum Gasteiger partial charge on any atom is 0.253 e. The highest BCUT2D eigenvalue weighted by molar-refractivity contribution is 5.97. The van der Waals surface area contributed by atoms with E-state index >= 15 is 0 Å². The Hall–Kier alpha value is -2.37. The Morgan fingerprint density at radius 1 is 0.909 bits per heavy atom. The molecule has 22 heavy (non-hydrogen) atoms. The van der Waals surface area contributed by atoms with E-state index in [1.807, 2.05) is 13.8 Å². The molecule has 0 aromatic heterocycles. The molecule has 1 heterocycles. The van der Waals surface area contributed by atoms with Crippen molar-refractivity contribution in [3.05, 3.63) is 35.4 Å². The van der Waals surface area contributed by atoms with Gasteiger partial charge in [0.1, 0.15) is 0 Å². The van der Waals surface area contributed by atoms with E-state index in [9.17, 15) is 14.4 Å². The molecule has 0 radical (unpaired) electrons. The Kier molecular flexibility index (Phi) is 4.80. The lowest BCUT2D eigenvalue weighted by Crippen LogP contribution is -2.51. The van der Waals surface area contributed by atoms with Gasteiger partial charge in [0.05, 0.1) is 0 Å². The summed E-state index contributed by atoms with van der Waals surface area (Å²) in [5.41, 5.74) is 6.08. The summed E-state index contributed by atoms with van der Waals surface area (Å²) in [6, 6.07) is 6.31. The van der Waals surface area contributed by atoms with Crippen LogP contribution in [-0.4, -0.2) is 53.7 Å². The van der Waals surface area contributed by atoms with Crippen LogP contribution in [0.4, 0.5) is 0 Å². The Balaban J connectivity index is 1.97. The van der Waals surface area contributed by atoms with Crippen LogP contribution in [0.15, 0.2) is 24.3 Å². The standard InChI is InChI=1S/C16H21N3O3/c1-11(2)15(21)18-7-9-19(10-8-18)16(22)13-5-3-12(4-6-13)14(17)20/h3-6,11H,7-10H2,1-2H3,(H2,17,20). The summed E-state index contributed by atoms with van der Waals surface area (Å²) in [5, 5.41) is 0. The van der Waals surface area contributed by atoms with Crippen molar-refractivity contribution in [2.45, 2.75) is 13.8 Å². The first-order chi connectivity index (χ1) is 10.4. The van der Waals surface area contributed by atoms with Crippen LogP contribution < -0.4 is 5.73 Å². The van der Waals surface area contributed by atoms with Crippen LogP contribution in [0.1, 0.15) is 34.6 Å². The molecule has 0 atom stereocenters. The van der Waals surface area contributed by atoms with E-state index in [1.165, 1.54) is 0 Å². The van der Waals surface area contributed by atoms with E-state index in [4.69, 9.17) is 5.73 Å². The summed E-state index contributed by atoms with van der Waals surface area (Å²) in [7, 11) is 0. The van der Waals surface area contributed by atoms with Gasteiger partial charge in [-0.15, -0.1) is 0 Å². The first kappa shape index (κ1) is 16.0. The Labute approximate surface area is 129 Å². The number of hydrogen-bond donors (Lipinski definition) is 1. The lowest BCUT2D eigenvalue weighted by Gasteiger charge is -2.35. The van der Waals surface area contributed by atoms with E-state index in [0.29, 0.717) is 37.3 Å².